The molecule has 1 N–H and O–H groups in total. The predicted molar refractivity (Wildman–Crippen MR) is 94.5 cm³/mol. The van der Waals surface area contributed by atoms with E-state index in [9.17, 15) is 14.7 Å². The molecule has 0 aliphatic heterocycles. The normalized spacial score (nSPS) is 23.3. The van der Waals surface area contributed by atoms with Crippen LogP contribution in [0.5, 0.6) is 0 Å². The SMILES string of the molecule is O=C(OC1(C(=O)O)CCCCCCC1)C1CCCCCCC1.[InH3]. The molecule has 0 aromatic carbocycles. The van der Waals surface area contributed by atoms with Gasteiger partial charge in [0.1, 0.15) is 0 Å². The van der Waals surface area contributed by atoms with Crippen LogP contribution in [0.1, 0.15) is 89.9 Å². The maximum atomic E-state index is 12.6. The van der Waals surface area contributed by atoms with Gasteiger partial charge in [0, 0.05) is 0 Å². The molecule has 0 aromatic heterocycles. The zero-order chi connectivity index (χ0) is 15.8. The summed E-state index contributed by atoms with van der Waals surface area (Å²) >= 11 is 0. The van der Waals surface area contributed by atoms with Crippen molar-refractivity contribution < 1.29 is 19.4 Å². The Labute approximate surface area is 158 Å². The van der Waals surface area contributed by atoms with Crippen molar-refractivity contribution in [3.05, 3.63) is 0 Å². The van der Waals surface area contributed by atoms with Crippen LogP contribution >= 0.6 is 0 Å². The molecular weight excluding hydrogens is 395 g/mol. The number of hydrogen-bond acceptors (Lipinski definition) is 3. The van der Waals surface area contributed by atoms with Crippen molar-refractivity contribution in [2.24, 2.45) is 5.92 Å². The summed E-state index contributed by atoms with van der Waals surface area (Å²) < 4.78 is 5.67. The molecule has 2 aliphatic rings. The third-order valence-electron chi connectivity index (χ3n) is 5.29. The second-order valence-electron chi connectivity index (χ2n) is 7.03. The number of carbonyl (C=O) groups excluding carboxylic acids is 1. The summed E-state index contributed by atoms with van der Waals surface area (Å²) in [7, 11) is 0. The number of aliphatic carboxylic acids is 1. The van der Waals surface area contributed by atoms with E-state index in [4.69, 9.17) is 4.74 Å². The molecule has 0 aromatic rings. The number of esters is 1. The van der Waals surface area contributed by atoms with Crippen LogP contribution < -0.4 is 0 Å². The van der Waals surface area contributed by atoms with Crippen molar-refractivity contribution in [2.45, 2.75) is 95.5 Å². The third-order valence-corrected chi connectivity index (χ3v) is 5.29. The molecule has 2 saturated carbocycles. The summed E-state index contributed by atoms with van der Waals surface area (Å²) in [5.74, 6) is -1.31. The van der Waals surface area contributed by atoms with Gasteiger partial charge in [-0.2, -0.15) is 0 Å². The van der Waals surface area contributed by atoms with Crippen LogP contribution in [0.4, 0.5) is 0 Å². The van der Waals surface area contributed by atoms with E-state index in [1.165, 1.54) is 19.3 Å². The Hall–Kier alpha value is -0.190. The topological polar surface area (TPSA) is 63.6 Å². The van der Waals surface area contributed by atoms with Crippen molar-refractivity contribution in [3.63, 3.8) is 0 Å². The summed E-state index contributed by atoms with van der Waals surface area (Å²) in [4.78, 5) is 24.4. The molecule has 5 heteroatoms. The maximum absolute atomic E-state index is 12.6. The van der Waals surface area contributed by atoms with Crippen molar-refractivity contribution in [3.8, 4) is 0 Å². The number of carboxylic acids is 1. The van der Waals surface area contributed by atoms with Crippen LogP contribution in [0.2, 0.25) is 0 Å². The number of carbonyl (C=O) groups is 2. The molecule has 23 heavy (non-hydrogen) atoms. The van der Waals surface area contributed by atoms with Gasteiger partial charge < -0.3 is 9.84 Å². The van der Waals surface area contributed by atoms with E-state index in [0.29, 0.717) is 12.8 Å². The van der Waals surface area contributed by atoms with Gasteiger partial charge in [-0.25, -0.2) is 4.79 Å². The molecule has 0 radical (unpaired) electrons. The van der Waals surface area contributed by atoms with E-state index in [1.54, 1.807) is 0 Å². The van der Waals surface area contributed by atoms with Crippen LogP contribution in [0.3, 0.4) is 0 Å². The molecule has 0 amide bonds. The minimum atomic E-state index is -1.26. The number of hydrogen-bond donors (Lipinski definition) is 1. The molecule has 0 heterocycles. The number of ether oxygens (including phenoxy) is 1. The Morgan fingerprint density at radius 1 is 0.783 bits per heavy atom. The average Bonchev–Trinajstić information content (AvgIpc) is 2.41. The van der Waals surface area contributed by atoms with Crippen LogP contribution in [-0.4, -0.2) is 48.5 Å². The Morgan fingerprint density at radius 3 is 1.70 bits per heavy atom. The molecule has 2 aliphatic carbocycles. The average molecular weight is 428 g/mol. The Morgan fingerprint density at radius 2 is 1.22 bits per heavy atom. The summed E-state index contributed by atoms with van der Waals surface area (Å²) in [5.41, 5.74) is -1.26. The quantitative estimate of drug-likeness (QED) is 0.701. The van der Waals surface area contributed by atoms with Gasteiger partial charge >= 0.3 is 37.8 Å². The zero-order valence-corrected chi connectivity index (χ0v) is 13.6. The summed E-state index contributed by atoms with van der Waals surface area (Å²) in [5, 5.41) is 9.68. The number of rotatable bonds is 3. The van der Waals surface area contributed by atoms with Crippen LogP contribution in [0.15, 0.2) is 0 Å². The molecule has 0 unspecified atom stereocenters. The van der Waals surface area contributed by atoms with E-state index >= 15 is 0 Å². The van der Waals surface area contributed by atoms with E-state index in [-0.39, 0.29) is 37.7 Å². The van der Waals surface area contributed by atoms with Gasteiger partial charge in [-0.3, -0.25) is 4.79 Å². The van der Waals surface area contributed by atoms with Crippen molar-refractivity contribution in [2.75, 3.05) is 0 Å². The second kappa shape index (κ2) is 10.6. The zero-order valence-electron chi connectivity index (χ0n) is 13.6. The van der Waals surface area contributed by atoms with E-state index < -0.39 is 11.6 Å². The van der Waals surface area contributed by atoms with Gasteiger partial charge in [-0.1, -0.05) is 51.4 Å². The van der Waals surface area contributed by atoms with Gasteiger partial charge in [-0.05, 0) is 38.5 Å². The van der Waals surface area contributed by atoms with Crippen molar-refractivity contribution in [1.29, 1.82) is 0 Å². The van der Waals surface area contributed by atoms with Crippen LogP contribution in [0.25, 0.3) is 0 Å². The standard InChI is InChI=1S/C18H30O4.In.3H/c19-16(15-11-7-3-1-4-8-12-15)22-18(17(20)21)13-9-5-2-6-10-14-18;;;;/h15H,1-14H2,(H,20,21);;;;. The monoisotopic (exact) mass is 428 g/mol. The first kappa shape index (κ1) is 20.9. The summed E-state index contributed by atoms with van der Waals surface area (Å²) in [6.07, 6.45) is 13.3. The van der Waals surface area contributed by atoms with E-state index in [0.717, 1.165) is 57.8 Å². The van der Waals surface area contributed by atoms with Gasteiger partial charge in [0.25, 0.3) is 0 Å². The Kier molecular flexibility index (Phi) is 9.64. The van der Waals surface area contributed by atoms with Gasteiger partial charge in [-0.15, -0.1) is 0 Å². The summed E-state index contributed by atoms with van der Waals surface area (Å²) in [6, 6.07) is 0. The number of carboxylic acid groups (broad SMARTS) is 1. The van der Waals surface area contributed by atoms with E-state index in [2.05, 4.69) is 0 Å². The molecule has 0 bridgehead atoms. The molecular formula is C18H33InO4. The summed E-state index contributed by atoms with van der Waals surface area (Å²) in [6.45, 7) is 0. The first-order valence-corrected chi connectivity index (χ1v) is 9.10. The van der Waals surface area contributed by atoms with Crippen molar-refractivity contribution >= 4 is 37.8 Å². The molecule has 2 rings (SSSR count). The fraction of sp³-hybridized carbons (Fsp3) is 0.889. The molecule has 0 spiro atoms. The van der Waals surface area contributed by atoms with Crippen molar-refractivity contribution in [1.82, 2.24) is 0 Å². The molecule has 4 nitrogen and oxygen atoms in total. The molecule has 0 atom stereocenters. The first-order chi connectivity index (χ1) is 10.6. The Bertz CT molecular complexity index is 367. The van der Waals surface area contributed by atoms with Gasteiger partial charge in [0.05, 0.1) is 5.92 Å². The van der Waals surface area contributed by atoms with Gasteiger partial charge in [0.2, 0.25) is 5.60 Å². The minimum absolute atomic E-state index is 0. The van der Waals surface area contributed by atoms with Crippen LogP contribution in [0, 0.1) is 5.92 Å². The fourth-order valence-electron chi connectivity index (χ4n) is 3.80. The Balaban J connectivity index is 0.00000264. The predicted octanol–water partition coefficient (Wildman–Crippen LogP) is 3.27. The van der Waals surface area contributed by atoms with E-state index in [1.807, 2.05) is 0 Å². The third kappa shape index (κ3) is 6.32. The molecule has 0 saturated heterocycles. The second-order valence-corrected chi connectivity index (χ2v) is 7.03. The molecule has 132 valence electrons. The van der Waals surface area contributed by atoms with Crippen LogP contribution in [-0.2, 0) is 14.3 Å². The van der Waals surface area contributed by atoms with Gasteiger partial charge in [0.15, 0.2) is 0 Å². The first-order valence-electron chi connectivity index (χ1n) is 9.10. The fourth-order valence-corrected chi connectivity index (χ4v) is 3.80. The molecule has 2 fully saturated rings.